The summed E-state index contributed by atoms with van der Waals surface area (Å²) in [4.78, 5) is 3.97. The summed E-state index contributed by atoms with van der Waals surface area (Å²) in [5.74, 6) is 0. The van der Waals surface area contributed by atoms with Crippen LogP contribution in [-0.4, -0.2) is 26.8 Å². The number of hydrogen-bond acceptors (Lipinski definition) is 2. The lowest BCUT2D eigenvalue weighted by Gasteiger charge is -2.12. The van der Waals surface area contributed by atoms with Gasteiger partial charge in [0.25, 0.3) is 0 Å². The molecule has 16 heavy (non-hydrogen) atoms. The van der Waals surface area contributed by atoms with Crippen molar-refractivity contribution in [3.05, 3.63) is 36.3 Å². The smallest absolute Gasteiger partial charge is 0.383 e. The average Bonchev–Trinajstić information content (AvgIpc) is 2.58. The lowest BCUT2D eigenvalue weighted by molar-refractivity contribution is -0.203. The zero-order chi connectivity index (χ0) is 11.8. The van der Waals surface area contributed by atoms with E-state index in [1.165, 1.54) is 6.20 Å². The van der Waals surface area contributed by atoms with Gasteiger partial charge >= 0.3 is 6.18 Å². The zero-order valence-corrected chi connectivity index (χ0v) is 8.15. The Labute approximate surface area is 89.2 Å². The molecule has 0 bridgehead atoms. The first-order valence-corrected chi connectivity index (χ1v) is 4.64. The van der Waals surface area contributed by atoms with Crippen LogP contribution in [0.4, 0.5) is 13.2 Å². The van der Waals surface area contributed by atoms with Crippen LogP contribution in [0.1, 0.15) is 5.69 Å². The number of fused-ring (bicyclic) bond motifs is 1. The van der Waals surface area contributed by atoms with Crippen LogP contribution in [0.5, 0.6) is 0 Å². The van der Waals surface area contributed by atoms with Gasteiger partial charge < -0.3 is 9.51 Å². The normalized spacial score (nSPS) is 14.2. The van der Waals surface area contributed by atoms with Gasteiger partial charge in [0.1, 0.15) is 5.65 Å². The first kappa shape index (κ1) is 10.9. The number of halogens is 3. The molecule has 2 heterocycles. The maximum absolute atomic E-state index is 12.1. The summed E-state index contributed by atoms with van der Waals surface area (Å²) in [6.07, 6.45) is -4.32. The molecule has 0 amide bonds. The molecule has 0 aliphatic carbocycles. The van der Waals surface area contributed by atoms with Crippen LogP contribution in [0.3, 0.4) is 0 Å². The van der Waals surface area contributed by atoms with E-state index < -0.39 is 18.7 Å². The minimum Gasteiger partial charge on any atom is -0.383 e. The molecule has 0 fully saturated rings. The van der Waals surface area contributed by atoms with Gasteiger partial charge in [-0.15, -0.1) is 0 Å². The highest BCUT2D eigenvalue weighted by Gasteiger charge is 2.38. The molecule has 0 saturated heterocycles. The van der Waals surface area contributed by atoms with Crippen LogP contribution < -0.4 is 0 Å². The summed E-state index contributed by atoms with van der Waals surface area (Å²) in [5.41, 5.74) is 0.780. The number of aliphatic hydroxyl groups is 1. The van der Waals surface area contributed by atoms with Crippen molar-refractivity contribution in [2.45, 2.75) is 18.7 Å². The second-order valence-corrected chi connectivity index (χ2v) is 3.46. The van der Waals surface area contributed by atoms with Crippen LogP contribution in [0.25, 0.3) is 5.65 Å². The first-order valence-electron chi connectivity index (χ1n) is 4.64. The van der Waals surface area contributed by atoms with Gasteiger partial charge in [-0.05, 0) is 12.1 Å². The van der Waals surface area contributed by atoms with E-state index in [1.807, 2.05) is 0 Å². The summed E-state index contributed by atoms with van der Waals surface area (Å²) >= 11 is 0. The van der Waals surface area contributed by atoms with E-state index in [1.54, 1.807) is 28.8 Å². The van der Waals surface area contributed by atoms with Crippen molar-refractivity contribution in [1.82, 2.24) is 9.38 Å². The molecule has 0 aliphatic rings. The highest BCUT2D eigenvalue weighted by molar-refractivity contribution is 5.39. The minimum atomic E-state index is -4.60. The van der Waals surface area contributed by atoms with Crippen molar-refractivity contribution in [3.63, 3.8) is 0 Å². The Morgan fingerprint density at radius 2 is 2.12 bits per heavy atom. The van der Waals surface area contributed by atoms with Gasteiger partial charge in [-0.3, -0.25) is 0 Å². The van der Waals surface area contributed by atoms with Gasteiger partial charge in [0, 0.05) is 18.8 Å². The van der Waals surface area contributed by atoms with Crippen LogP contribution >= 0.6 is 0 Å². The zero-order valence-electron chi connectivity index (χ0n) is 8.15. The Bertz CT molecular complexity index is 459. The molecule has 0 spiro atoms. The molecule has 0 saturated carbocycles. The standard InChI is InChI=1S/C10H9F3N2O/c11-10(12,13)8(16)5-7-6-15-4-2-1-3-9(15)14-7/h1-4,6,8,16H,5H2. The third-order valence-corrected chi connectivity index (χ3v) is 2.19. The largest absolute Gasteiger partial charge is 0.414 e. The van der Waals surface area contributed by atoms with Crippen molar-refractivity contribution < 1.29 is 18.3 Å². The molecule has 0 aliphatic heterocycles. The van der Waals surface area contributed by atoms with E-state index >= 15 is 0 Å². The number of rotatable bonds is 2. The van der Waals surface area contributed by atoms with Crippen LogP contribution in [0.2, 0.25) is 0 Å². The average molecular weight is 230 g/mol. The second-order valence-electron chi connectivity index (χ2n) is 3.46. The van der Waals surface area contributed by atoms with Crippen molar-refractivity contribution in [2.24, 2.45) is 0 Å². The monoisotopic (exact) mass is 230 g/mol. The topological polar surface area (TPSA) is 37.5 Å². The molecular formula is C10H9F3N2O. The fourth-order valence-corrected chi connectivity index (χ4v) is 1.40. The molecule has 3 nitrogen and oxygen atoms in total. The Kier molecular flexibility index (Phi) is 2.59. The fourth-order valence-electron chi connectivity index (χ4n) is 1.40. The summed E-state index contributed by atoms with van der Waals surface area (Å²) in [7, 11) is 0. The number of aromatic nitrogens is 2. The third-order valence-electron chi connectivity index (χ3n) is 2.19. The molecule has 6 heteroatoms. The van der Waals surface area contributed by atoms with E-state index in [0.29, 0.717) is 5.65 Å². The summed E-state index contributed by atoms with van der Waals surface area (Å²) in [6, 6.07) is 5.18. The maximum atomic E-state index is 12.1. The Morgan fingerprint density at radius 3 is 2.75 bits per heavy atom. The van der Waals surface area contributed by atoms with Crippen LogP contribution in [0, 0.1) is 0 Å². The number of aliphatic hydroxyl groups excluding tert-OH is 1. The molecule has 2 aromatic rings. The first-order chi connectivity index (χ1) is 7.47. The highest BCUT2D eigenvalue weighted by atomic mass is 19.4. The molecule has 0 radical (unpaired) electrons. The lowest BCUT2D eigenvalue weighted by Crippen LogP contribution is -2.30. The molecule has 1 N–H and O–H groups in total. The number of pyridine rings is 1. The Morgan fingerprint density at radius 1 is 1.38 bits per heavy atom. The van der Waals surface area contributed by atoms with Gasteiger partial charge in [0.2, 0.25) is 0 Å². The van der Waals surface area contributed by atoms with E-state index in [9.17, 15) is 13.2 Å². The lowest BCUT2D eigenvalue weighted by atomic mass is 10.2. The predicted molar refractivity (Wildman–Crippen MR) is 51.0 cm³/mol. The van der Waals surface area contributed by atoms with Crippen molar-refractivity contribution >= 4 is 5.65 Å². The number of alkyl halides is 3. The molecule has 1 atom stereocenters. The van der Waals surface area contributed by atoms with E-state index in [4.69, 9.17) is 5.11 Å². The quantitative estimate of drug-likeness (QED) is 0.854. The Hall–Kier alpha value is -1.56. The Balaban J connectivity index is 2.22. The van der Waals surface area contributed by atoms with Crippen molar-refractivity contribution in [1.29, 1.82) is 0 Å². The van der Waals surface area contributed by atoms with E-state index in [2.05, 4.69) is 4.98 Å². The SMILES string of the molecule is OC(Cc1cn2ccccc2n1)C(F)(F)F. The van der Waals surface area contributed by atoms with Gasteiger partial charge in [-0.25, -0.2) is 4.98 Å². The van der Waals surface area contributed by atoms with Crippen LogP contribution in [0.15, 0.2) is 30.6 Å². The van der Waals surface area contributed by atoms with Gasteiger partial charge in [-0.1, -0.05) is 6.07 Å². The second kappa shape index (κ2) is 3.79. The fraction of sp³-hybridized carbons (Fsp3) is 0.300. The third kappa shape index (κ3) is 2.16. The van der Waals surface area contributed by atoms with E-state index in [0.717, 1.165) is 0 Å². The van der Waals surface area contributed by atoms with Gasteiger partial charge in [0.05, 0.1) is 5.69 Å². The molecule has 1 unspecified atom stereocenters. The molecule has 2 aromatic heterocycles. The number of imidazole rings is 1. The van der Waals surface area contributed by atoms with Crippen molar-refractivity contribution in [2.75, 3.05) is 0 Å². The molecule has 0 aromatic carbocycles. The van der Waals surface area contributed by atoms with Gasteiger partial charge in [-0.2, -0.15) is 13.2 Å². The number of hydrogen-bond donors (Lipinski definition) is 1. The number of nitrogens with zero attached hydrogens (tertiary/aromatic N) is 2. The highest BCUT2D eigenvalue weighted by Crippen LogP contribution is 2.22. The summed E-state index contributed by atoms with van der Waals surface area (Å²) < 4.78 is 37.9. The van der Waals surface area contributed by atoms with E-state index in [-0.39, 0.29) is 5.69 Å². The maximum Gasteiger partial charge on any atom is 0.414 e. The van der Waals surface area contributed by atoms with Crippen molar-refractivity contribution in [3.8, 4) is 0 Å². The molecular weight excluding hydrogens is 221 g/mol. The summed E-state index contributed by atoms with van der Waals surface area (Å²) in [5, 5.41) is 8.89. The van der Waals surface area contributed by atoms with Gasteiger partial charge in [0.15, 0.2) is 6.10 Å². The van der Waals surface area contributed by atoms with Crippen LogP contribution in [-0.2, 0) is 6.42 Å². The predicted octanol–water partition coefficient (Wildman–Crippen LogP) is 1.80. The molecule has 86 valence electrons. The summed E-state index contributed by atoms with van der Waals surface area (Å²) in [6.45, 7) is 0. The molecule has 2 rings (SSSR count). The minimum absolute atomic E-state index is 0.219.